The fourth-order valence-electron chi connectivity index (χ4n) is 2.51. The van der Waals surface area contributed by atoms with Crippen molar-refractivity contribution in [3.05, 3.63) is 64.7 Å². The first-order valence-electron chi connectivity index (χ1n) is 8.74. The fraction of sp³-hybridized carbons (Fsp3) is 0.381. The van der Waals surface area contributed by atoms with Crippen molar-refractivity contribution in [2.24, 2.45) is 0 Å². The van der Waals surface area contributed by atoms with Gasteiger partial charge in [0.2, 0.25) is 0 Å². The molecule has 0 aromatic heterocycles. The van der Waals surface area contributed by atoms with Gasteiger partial charge in [-0.25, -0.2) is 0 Å². The molecular formula is C21H26ClNO2. The van der Waals surface area contributed by atoms with E-state index in [1.165, 1.54) is 11.1 Å². The largest absolute Gasteiger partial charge is 0.481 e. The molecule has 4 heteroatoms. The molecule has 2 aromatic carbocycles. The molecule has 0 aliphatic heterocycles. The van der Waals surface area contributed by atoms with E-state index in [2.05, 4.69) is 43.4 Å². The number of benzene rings is 2. The van der Waals surface area contributed by atoms with Crippen molar-refractivity contribution in [3.8, 4) is 5.75 Å². The highest BCUT2D eigenvalue weighted by Crippen LogP contribution is 2.18. The van der Waals surface area contributed by atoms with E-state index in [1.807, 2.05) is 0 Å². The summed E-state index contributed by atoms with van der Waals surface area (Å²) in [4.78, 5) is 12.1. The van der Waals surface area contributed by atoms with Gasteiger partial charge in [0, 0.05) is 11.6 Å². The average molecular weight is 360 g/mol. The molecule has 0 saturated carbocycles. The molecule has 1 atom stereocenters. The van der Waals surface area contributed by atoms with E-state index in [0.717, 1.165) is 12.8 Å². The Bertz CT molecular complexity index is 683. The van der Waals surface area contributed by atoms with Crippen LogP contribution in [0.1, 0.15) is 44.2 Å². The molecule has 2 rings (SSSR count). The predicted octanol–water partition coefficient (Wildman–Crippen LogP) is 4.98. The summed E-state index contributed by atoms with van der Waals surface area (Å²) in [6.07, 6.45) is 1.29. The van der Waals surface area contributed by atoms with Gasteiger partial charge in [0.05, 0.1) is 0 Å². The number of ether oxygens (including phenoxy) is 1. The number of halogens is 1. The predicted molar refractivity (Wildman–Crippen MR) is 103 cm³/mol. The van der Waals surface area contributed by atoms with Gasteiger partial charge in [0.15, 0.2) is 6.10 Å². The Hall–Kier alpha value is -2.00. The first-order valence-corrected chi connectivity index (χ1v) is 9.12. The van der Waals surface area contributed by atoms with Gasteiger partial charge in [-0.3, -0.25) is 4.79 Å². The smallest absolute Gasteiger partial charge is 0.260 e. The molecule has 0 radical (unpaired) electrons. The molecule has 1 N–H and O–H groups in total. The number of hydrogen-bond donors (Lipinski definition) is 1. The monoisotopic (exact) mass is 359 g/mol. The number of hydrogen-bond acceptors (Lipinski definition) is 2. The summed E-state index contributed by atoms with van der Waals surface area (Å²) < 4.78 is 5.61. The fourth-order valence-corrected chi connectivity index (χ4v) is 2.70. The van der Waals surface area contributed by atoms with Crippen LogP contribution in [-0.4, -0.2) is 18.6 Å². The molecule has 0 heterocycles. The van der Waals surface area contributed by atoms with Gasteiger partial charge in [-0.1, -0.05) is 55.8 Å². The van der Waals surface area contributed by atoms with Crippen LogP contribution in [0.4, 0.5) is 0 Å². The van der Waals surface area contributed by atoms with Crippen LogP contribution >= 0.6 is 11.6 Å². The van der Waals surface area contributed by atoms with Crippen LogP contribution in [0, 0.1) is 0 Å². The molecule has 134 valence electrons. The highest BCUT2D eigenvalue weighted by Gasteiger charge is 2.14. The van der Waals surface area contributed by atoms with E-state index in [4.69, 9.17) is 16.3 Å². The molecule has 0 aliphatic rings. The SMILES string of the molecule is CC(C)c1ccc(CCCNC(=O)[C@H](C)Oc2cccc(Cl)c2)cc1. The Morgan fingerprint density at radius 3 is 2.48 bits per heavy atom. The molecule has 1 amide bonds. The minimum absolute atomic E-state index is 0.116. The zero-order valence-electron chi connectivity index (χ0n) is 15.1. The Morgan fingerprint density at radius 2 is 1.84 bits per heavy atom. The third-order valence-corrected chi connectivity index (χ3v) is 4.30. The molecule has 0 spiro atoms. The standard InChI is InChI=1S/C21H26ClNO2/c1-15(2)18-11-9-17(10-12-18)6-5-13-23-21(24)16(3)25-20-8-4-7-19(22)14-20/h4,7-12,14-16H,5-6,13H2,1-3H3,(H,23,24)/t16-/m0/s1. The van der Waals surface area contributed by atoms with Crippen LogP contribution in [-0.2, 0) is 11.2 Å². The van der Waals surface area contributed by atoms with E-state index in [-0.39, 0.29) is 5.91 Å². The minimum atomic E-state index is -0.552. The minimum Gasteiger partial charge on any atom is -0.481 e. The van der Waals surface area contributed by atoms with Gasteiger partial charge in [-0.2, -0.15) is 0 Å². The summed E-state index contributed by atoms with van der Waals surface area (Å²) >= 11 is 5.91. The van der Waals surface area contributed by atoms with Gasteiger partial charge in [0.25, 0.3) is 5.91 Å². The molecule has 0 bridgehead atoms. The number of aryl methyl sites for hydroxylation is 1. The summed E-state index contributed by atoms with van der Waals surface area (Å²) in [7, 11) is 0. The Labute approximate surface area is 155 Å². The zero-order valence-corrected chi connectivity index (χ0v) is 15.8. The summed E-state index contributed by atoms with van der Waals surface area (Å²) in [5.41, 5.74) is 2.64. The highest BCUT2D eigenvalue weighted by atomic mass is 35.5. The maximum Gasteiger partial charge on any atom is 0.260 e. The molecule has 0 fully saturated rings. The lowest BCUT2D eigenvalue weighted by molar-refractivity contribution is -0.127. The summed E-state index contributed by atoms with van der Waals surface area (Å²) in [5.74, 6) is 1.03. The summed E-state index contributed by atoms with van der Waals surface area (Å²) in [5, 5.41) is 3.51. The number of amides is 1. The molecule has 2 aromatic rings. The maximum absolute atomic E-state index is 12.1. The van der Waals surface area contributed by atoms with E-state index < -0.39 is 6.10 Å². The van der Waals surface area contributed by atoms with Crippen molar-refractivity contribution in [1.29, 1.82) is 0 Å². The van der Waals surface area contributed by atoms with E-state index in [0.29, 0.717) is 23.2 Å². The molecular weight excluding hydrogens is 334 g/mol. The van der Waals surface area contributed by atoms with E-state index in [1.54, 1.807) is 31.2 Å². The zero-order chi connectivity index (χ0) is 18.2. The van der Waals surface area contributed by atoms with Crippen molar-refractivity contribution >= 4 is 17.5 Å². The van der Waals surface area contributed by atoms with Gasteiger partial charge in [-0.05, 0) is 55.0 Å². The summed E-state index contributed by atoms with van der Waals surface area (Å²) in [6, 6.07) is 15.8. The van der Waals surface area contributed by atoms with Crippen molar-refractivity contribution in [2.75, 3.05) is 6.54 Å². The van der Waals surface area contributed by atoms with Crippen molar-refractivity contribution in [2.45, 2.75) is 45.6 Å². The maximum atomic E-state index is 12.1. The third-order valence-electron chi connectivity index (χ3n) is 4.07. The highest BCUT2D eigenvalue weighted by molar-refractivity contribution is 6.30. The number of rotatable bonds is 8. The van der Waals surface area contributed by atoms with Crippen LogP contribution in [0.5, 0.6) is 5.75 Å². The topological polar surface area (TPSA) is 38.3 Å². The Morgan fingerprint density at radius 1 is 1.12 bits per heavy atom. The number of carbonyl (C=O) groups excluding carboxylic acids is 1. The lowest BCUT2D eigenvalue weighted by Crippen LogP contribution is -2.36. The van der Waals surface area contributed by atoms with Crippen LogP contribution in [0.3, 0.4) is 0 Å². The van der Waals surface area contributed by atoms with Crippen LogP contribution in [0.25, 0.3) is 0 Å². The summed E-state index contributed by atoms with van der Waals surface area (Å²) in [6.45, 7) is 6.75. The van der Waals surface area contributed by atoms with E-state index >= 15 is 0 Å². The average Bonchev–Trinajstić information content (AvgIpc) is 2.59. The second kappa shape index (κ2) is 9.47. The van der Waals surface area contributed by atoms with Gasteiger partial charge in [0.1, 0.15) is 5.75 Å². The molecule has 0 aliphatic carbocycles. The van der Waals surface area contributed by atoms with Crippen molar-refractivity contribution < 1.29 is 9.53 Å². The van der Waals surface area contributed by atoms with Gasteiger partial charge < -0.3 is 10.1 Å². The molecule has 3 nitrogen and oxygen atoms in total. The van der Waals surface area contributed by atoms with Crippen molar-refractivity contribution in [1.82, 2.24) is 5.32 Å². The molecule has 0 saturated heterocycles. The second-order valence-electron chi connectivity index (χ2n) is 6.51. The first kappa shape index (κ1) is 19.3. The normalized spacial score (nSPS) is 12.0. The van der Waals surface area contributed by atoms with Gasteiger partial charge >= 0.3 is 0 Å². The quantitative estimate of drug-likeness (QED) is 0.675. The number of nitrogens with one attached hydrogen (secondary N) is 1. The van der Waals surface area contributed by atoms with Crippen LogP contribution in [0.2, 0.25) is 5.02 Å². The lowest BCUT2D eigenvalue weighted by atomic mass is 10.0. The lowest BCUT2D eigenvalue weighted by Gasteiger charge is -2.15. The number of carbonyl (C=O) groups is 1. The van der Waals surface area contributed by atoms with E-state index in [9.17, 15) is 4.79 Å². The molecule has 25 heavy (non-hydrogen) atoms. The van der Waals surface area contributed by atoms with Crippen molar-refractivity contribution in [3.63, 3.8) is 0 Å². The van der Waals surface area contributed by atoms with Crippen LogP contribution in [0.15, 0.2) is 48.5 Å². The Balaban J connectivity index is 1.71. The second-order valence-corrected chi connectivity index (χ2v) is 6.94. The van der Waals surface area contributed by atoms with Crippen LogP contribution < -0.4 is 10.1 Å². The Kier molecular flexibility index (Phi) is 7.32. The van der Waals surface area contributed by atoms with Gasteiger partial charge in [-0.15, -0.1) is 0 Å². The molecule has 0 unspecified atom stereocenters. The first-order chi connectivity index (χ1) is 12.0. The third kappa shape index (κ3) is 6.43.